The van der Waals surface area contributed by atoms with Crippen molar-refractivity contribution >= 4 is 17.6 Å². The van der Waals surface area contributed by atoms with Gasteiger partial charge in [0.2, 0.25) is 5.91 Å². The van der Waals surface area contributed by atoms with Gasteiger partial charge >= 0.3 is 5.97 Å². The van der Waals surface area contributed by atoms with Crippen LogP contribution in [0.3, 0.4) is 0 Å². The van der Waals surface area contributed by atoms with Crippen molar-refractivity contribution < 1.29 is 14.7 Å². The second-order valence-electron chi connectivity index (χ2n) is 12.0. The number of aliphatic carboxylic acids is 1. The van der Waals surface area contributed by atoms with E-state index in [1.807, 2.05) is 32.0 Å². The fourth-order valence-electron chi connectivity index (χ4n) is 5.57. The number of amides is 1. The molecule has 0 unspecified atom stereocenters. The molecule has 2 aliphatic carbocycles. The maximum absolute atomic E-state index is 13.0. The Morgan fingerprint density at radius 2 is 1.91 bits per heavy atom. The van der Waals surface area contributed by atoms with E-state index in [0.29, 0.717) is 29.7 Å². The van der Waals surface area contributed by atoms with Gasteiger partial charge in [-0.1, -0.05) is 43.7 Å². The minimum atomic E-state index is -0.853. The lowest BCUT2D eigenvalue weighted by Crippen LogP contribution is -2.31. The van der Waals surface area contributed by atoms with E-state index in [9.17, 15) is 14.7 Å². The van der Waals surface area contributed by atoms with Gasteiger partial charge in [0.1, 0.15) is 0 Å². The third kappa shape index (κ3) is 6.50. The number of hydrogen-bond acceptors (Lipinski definition) is 4. The molecule has 1 amide bonds. The molecule has 2 N–H and O–H groups in total. The highest BCUT2D eigenvalue weighted by molar-refractivity contribution is 5.92. The van der Waals surface area contributed by atoms with Gasteiger partial charge in [0.05, 0.1) is 17.4 Å². The van der Waals surface area contributed by atoms with Crippen LogP contribution in [0.5, 0.6) is 0 Å². The molecule has 0 spiro atoms. The lowest BCUT2D eigenvalue weighted by Gasteiger charge is -2.39. The second-order valence-corrected chi connectivity index (χ2v) is 12.0. The number of anilines is 1. The van der Waals surface area contributed by atoms with Crippen molar-refractivity contribution in [3.8, 4) is 0 Å². The number of carbonyl (C=O) groups excluding carboxylic acids is 1. The number of carbonyl (C=O) groups is 2. The molecular weight excluding hydrogens is 440 g/mol. The Balaban J connectivity index is 1.51. The number of rotatable bonds is 10. The second kappa shape index (κ2) is 10.1. The molecule has 1 aromatic heterocycles. The van der Waals surface area contributed by atoms with Crippen molar-refractivity contribution in [3.05, 3.63) is 40.7 Å². The largest absolute Gasteiger partial charge is 0.481 e. The highest BCUT2D eigenvalue weighted by Crippen LogP contribution is 2.49. The molecular formula is C28H40N4O3. The van der Waals surface area contributed by atoms with E-state index in [2.05, 4.69) is 41.1 Å². The molecule has 0 radical (unpaired) electrons. The zero-order chi connectivity index (χ0) is 25.3. The predicted molar refractivity (Wildman–Crippen MR) is 137 cm³/mol. The molecule has 190 valence electrons. The smallest absolute Gasteiger partial charge is 0.303 e. The van der Waals surface area contributed by atoms with Crippen molar-refractivity contribution in [1.29, 1.82) is 0 Å². The topological polar surface area (TPSA) is 97.1 Å². The van der Waals surface area contributed by atoms with Gasteiger partial charge in [0.15, 0.2) is 0 Å². The third-order valence-electron chi connectivity index (χ3n) is 7.36. The van der Waals surface area contributed by atoms with Gasteiger partial charge < -0.3 is 10.4 Å². The highest BCUT2D eigenvalue weighted by atomic mass is 16.4. The summed E-state index contributed by atoms with van der Waals surface area (Å²) in [7, 11) is 0. The fourth-order valence-corrected chi connectivity index (χ4v) is 5.57. The first kappa shape index (κ1) is 25.4. The van der Waals surface area contributed by atoms with Gasteiger partial charge in [-0.2, -0.15) is 0 Å². The summed E-state index contributed by atoms with van der Waals surface area (Å²) >= 11 is 0. The van der Waals surface area contributed by atoms with Crippen LogP contribution in [0.25, 0.3) is 0 Å². The first-order valence-corrected chi connectivity index (χ1v) is 13.0. The molecule has 1 atom stereocenters. The van der Waals surface area contributed by atoms with E-state index in [1.165, 1.54) is 6.42 Å². The summed E-state index contributed by atoms with van der Waals surface area (Å²) in [6, 6.07) is 6.31. The van der Waals surface area contributed by atoms with Gasteiger partial charge in [0, 0.05) is 30.4 Å². The summed E-state index contributed by atoms with van der Waals surface area (Å²) in [6.45, 7) is 10.9. The molecule has 2 fully saturated rings. The molecule has 4 rings (SSSR count). The van der Waals surface area contributed by atoms with E-state index in [-0.39, 0.29) is 24.7 Å². The minimum Gasteiger partial charge on any atom is -0.481 e. The van der Waals surface area contributed by atoms with Crippen molar-refractivity contribution in [1.82, 2.24) is 15.0 Å². The molecule has 0 aliphatic heterocycles. The van der Waals surface area contributed by atoms with E-state index in [0.717, 1.165) is 53.9 Å². The number of hydrogen-bond donors (Lipinski definition) is 2. The summed E-state index contributed by atoms with van der Waals surface area (Å²) < 4.78 is 2.13. The SMILES string of the molecule is Cc1ccc(NC(=O)C[C@@H](CCC(=O)O)c2nnn([C@H]3C[C@@H](CC(C)(C)C)C3)c2C2CC2)c(C)c1. The molecule has 0 saturated heterocycles. The first-order valence-electron chi connectivity index (χ1n) is 13.0. The number of nitrogens with one attached hydrogen (secondary N) is 1. The Labute approximate surface area is 208 Å². The molecule has 1 aromatic carbocycles. The lowest BCUT2D eigenvalue weighted by atomic mass is 9.71. The standard InChI is InChI=1S/C28H40N4O3/c1-17-6-10-23(18(2)12-17)29-24(33)15-21(9-11-25(34)35)26-27(20-7-8-20)32(31-30-26)22-13-19(14-22)16-28(3,4)5/h6,10,12,19-22H,7-9,11,13-16H2,1-5H3,(H,29,33)(H,34,35)/t19-,21-,22+/m1/s1. The van der Waals surface area contributed by atoms with Crippen LogP contribution in [-0.2, 0) is 9.59 Å². The highest BCUT2D eigenvalue weighted by Gasteiger charge is 2.40. The van der Waals surface area contributed by atoms with Crippen LogP contribution >= 0.6 is 0 Å². The molecule has 2 saturated carbocycles. The molecule has 0 bridgehead atoms. The van der Waals surface area contributed by atoms with Crippen LogP contribution < -0.4 is 5.32 Å². The lowest BCUT2D eigenvalue weighted by molar-refractivity contribution is -0.137. The normalized spacial score (nSPS) is 20.8. The van der Waals surface area contributed by atoms with E-state index < -0.39 is 5.97 Å². The summed E-state index contributed by atoms with van der Waals surface area (Å²) in [6.07, 6.45) is 6.26. The van der Waals surface area contributed by atoms with Gasteiger partial charge in [-0.3, -0.25) is 9.59 Å². The van der Waals surface area contributed by atoms with Gasteiger partial charge in [-0.25, -0.2) is 4.68 Å². The Morgan fingerprint density at radius 1 is 1.20 bits per heavy atom. The summed E-state index contributed by atoms with van der Waals surface area (Å²) in [5.41, 5.74) is 5.27. The number of aryl methyl sites for hydroxylation is 2. The predicted octanol–water partition coefficient (Wildman–Crippen LogP) is 6.14. The van der Waals surface area contributed by atoms with Gasteiger partial charge in [-0.15, -0.1) is 5.10 Å². The Bertz CT molecular complexity index is 1070. The van der Waals surface area contributed by atoms with Crippen molar-refractivity contribution in [2.24, 2.45) is 11.3 Å². The number of carboxylic acids is 1. The van der Waals surface area contributed by atoms with Crippen LogP contribution in [0.2, 0.25) is 0 Å². The van der Waals surface area contributed by atoms with Crippen LogP contribution in [0.1, 0.15) is 113 Å². The quantitative estimate of drug-likeness (QED) is 0.426. The van der Waals surface area contributed by atoms with E-state index in [1.54, 1.807) is 0 Å². The molecule has 2 aliphatic rings. The zero-order valence-corrected chi connectivity index (χ0v) is 21.8. The third-order valence-corrected chi connectivity index (χ3v) is 7.36. The van der Waals surface area contributed by atoms with Crippen molar-refractivity contribution in [2.75, 3.05) is 5.32 Å². The Hall–Kier alpha value is -2.70. The van der Waals surface area contributed by atoms with Gasteiger partial charge in [0.25, 0.3) is 0 Å². The fraction of sp³-hybridized carbons (Fsp3) is 0.643. The summed E-state index contributed by atoms with van der Waals surface area (Å²) in [4.78, 5) is 24.4. The van der Waals surface area contributed by atoms with Gasteiger partial charge in [-0.05, 0) is 75.3 Å². The van der Waals surface area contributed by atoms with Crippen LogP contribution in [-0.4, -0.2) is 32.0 Å². The Kier molecular flexibility index (Phi) is 7.34. The van der Waals surface area contributed by atoms with Crippen LogP contribution in [0.15, 0.2) is 18.2 Å². The van der Waals surface area contributed by atoms with Crippen LogP contribution in [0, 0.1) is 25.2 Å². The van der Waals surface area contributed by atoms with Crippen LogP contribution in [0.4, 0.5) is 5.69 Å². The summed E-state index contributed by atoms with van der Waals surface area (Å²) in [5.74, 6) is -0.0826. The zero-order valence-electron chi connectivity index (χ0n) is 21.8. The maximum Gasteiger partial charge on any atom is 0.303 e. The molecule has 2 aromatic rings. The molecule has 1 heterocycles. The monoisotopic (exact) mass is 480 g/mol. The van der Waals surface area contributed by atoms with E-state index >= 15 is 0 Å². The average molecular weight is 481 g/mol. The molecule has 7 nitrogen and oxygen atoms in total. The average Bonchev–Trinajstić information content (AvgIpc) is 3.47. The maximum atomic E-state index is 13.0. The molecule has 35 heavy (non-hydrogen) atoms. The first-order chi connectivity index (χ1) is 16.5. The summed E-state index contributed by atoms with van der Waals surface area (Å²) in [5, 5.41) is 21.5. The molecule has 7 heteroatoms. The number of nitrogens with zero attached hydrogens (tertiary/aromatic N) is 3. The number of carboxylic acid groups (broad SMARTS) is 1. The van der Waals surface area contributed by atoms with Crippen molar-refractivity contribution in [2.45, 2.75) is 104 Å². The Morgan fingerprint density at radius 3 is 2.51 bits per heavy atom. The minimum absolute atomic E-state index is 0.00948. The number of aromatic nitrogens is 3. The number of benzene rings is 1. The van der Waals surface area contributed by atoms with E-state index in [4.69, 9.17) is 0 Å². The van der Waals surface area contributed by atoms with Crippen molar-refractivity contribution in [3.63, 3.8) is 0 Å².